The second-order valence-corrected chi connectivity index (χ2v) is 6.16. The number of carbonyl (C=O) groups is 2. The molecule has 1 aromatic carbocycles. The van der Waals surface area contributed by atoms with E-state index in [1.807, 2.05) is 0 Å². The molecule has 0 spiro atoms. The van der Waals surface area contributed by atoms with Crippen molar-refractivity contribution in [3.8, 4) is 0 Å². The molecular weight excluding hydrogens is 304 g/mol. The molecule has 0 aliphatic heterocycles. The minimum Gasteiger partial charge on any atom is -0.623 e. The predicted octanol–water partition coefficient (Wildman–Crippen LogP) is 1.53. The standard InChI is InChI=1S/C15H20N2O4S/c1-15(2,3)17(21)8-10-4-6-11(7-5-10)13(18)16-12(9-22)14(19)20/h4-8,12,22H,9H2,1-3H3,(H,16,18)(H,19,20)/b17-8-. The van der Waals surface area contributed by atoms with Crippen LogP contribution in [0.2, 0.25) is 0 Å². The molecule has 2 N–H and O–H groups in total. The van der Waals surface area contributed by atoms with E-state index < -0.39 is 23.5 Å². The summed E-state index contributed by atoms with van der Waals surface area (Å²) in [5, 5.41) is 23.1. The number of rotatable bonds is 5. The molecule has 0 aromatic heterocycles. The third-order valence-corrected chi connectivity index (χ3v) is 3.25. The number of thiol groups is 1. The zero-order valence-electron chi connectivity index (χ0n) is 12.7. The Morgan fingerprint density at radius 1 is 1.36 bits per heavy atom. The van der Waals surface area contributed by atoms with Crippen LogP contribution in [0.25, 0.3) is 0 Å². The number of hydroxylamine groups is 1. The monoisotopic (exact) mass is 324 g/mol. The molecule has 1 unspecified atom stereocenters. The molecule has 6 nitrogen and oxygen atoms in total. The third-order valence-electron chi connectivity index (χ3n) is 2.89. The molecule has 7 heteroatoms. The number of nitrogens with zero attached hydrogens (tertiary/aromatic N) is 1. The molecule has 0 saturated carbocycles. The highest BCUT2D eigenvalue weighted by molar-refractivity contribution is 7.80. The first kappa shape index (κ1) is 18.0. The molecule has 0 heterocycles. The van der Waals surface area contributed by atoms with Gasteiger partial charge in [0, 0.05) is 37.7 Å². The molecular formula is C15H20N2O4S. The van der Waals surface area contributed by atoms with Gasteiger partial charge in [-0.2, -0.15) is 12.6 Å². The van der Waals surface area contributed by atoms with Crippen LogP contribution in [0.1, 0.15) is 36.7 Å². The Kier molecular flexibility index (Phi) is 5.99. The maximum atomic E-state index is 11.9. The number of nitrogens with one attached hydrogen (secondary N) is 1. The summed E-state index contributed by atoms with van der Waals surface area (Å²) in [6.07, 6.45) is 1.44. The lowest BCUT2D eigenvalue weighted by atomic mass is 10.1. The van der Waals surface area contributed by atoms with Crippen LogP contribution >= 0.6 is 12.6 Å². The highest BCUT2D eigenvalue weighted by Gasteiger charge is 2.20. The minimum absolute atomic E-state index is 0.00363. The van der Waals surface area contributed by atoms with E-state index >= 15 is 0 Å². The number of carbonyl (C=O) groups excluding carboxylic acids is 1. The summed E-state index contributed by atoms with van der Waals surface area (Å²) in [4.78, 5) is 22.8. The summed E-state index contributed by atoms with van der Waals surface area (Å²) in [5.74, 6) is -1.63. The van der Waals surface area contributed by atoms with Crippen LogP contribution in [-0.2, 0) is 4.79 Å². The highest BCUT2D eigenvalue weighted by atomic mass is 32.1. The van der Waals surface area contributed by atoms with Crippen molar-refractivity contribution in [3.05, 3.63) is 40.6 Å². The van der Waals surface area contributed by atoms with Crippen LogP contribution in [0, 0.1) is 5.21 Å². The molecule has 1 amide bonds. The number of amides is 1. The van der Waals surface area contributed by atoms with E-state index in [0.717, 1.165) is 4.74 Å². The molecule has 1 atom stereocenters. The van der Waals surface area contributed by atoms with E-state index in [1.165, 1.54) is 18.3 Å². The maximum absolute atomic E-state index is 11.9. The lowest BCUT2D eigenvalue weighted by Gasteiger charge is -2.18. The van der Waals surface area contributed by atoms with Gasteiger partial charge < -0.3 is 15.6 Å². The molecule has 1 rings (SSSR count). The third kappa shape index (κ3) is 5.07. The van der Waals surface area contributed by atoms with Crippen LogP contribution in [0.3, 0.4) is 0 Å². The van der Waals surface area contributed by atoms with Crippen molar-refractivity contribution in [2.45, 2.75) is 32.4 Å². The van der Waals surface area contributed by atoms with E-state index in [4.69, 9.17) is 5.11 Å². The molecule has 0 bridgehead atoms. The fourth-order valence-corrected chi connectivity index (χ4v) is 1.72. The van der Waals surface area contributed by atoms with Crippen molar-refractivity contribution in [2.75, 3.05) is 5.75 Å². The number of aliphatic carboxylic acids is 1. The van der Waals surface area contributed by atoms with Gasteiger partial charge in [0.15, 0.2) is 11.8 Å². The Balaban J connectivity index is 2.85. The second kappa shape index (κ2) is 7.31. The Morgan fingerprint density at radius 2 is 1.91 bits per heavy atom. The lowest BCUT2D eigenvalue weighted by molar-refractivity contribution is -0.530. The second-order valence-electron chi connectivity index (χ2n) is 5.79. The summed E-state index contributed by atoms with van der Waals surface area (Å²) in [7, 11) is 0. The average molecular weight is 324 g/mol. The van der Waals surface area contributed by atoms with E-state index in [-0.39, 0.29) is 5.75 Å². The fourth-order valence-electron chi connectivity index (χ4n) is 1.48. The van der Waals surface area contributed by atoms with Gasteiger partial charge in [-0.3, -0.25) is 4.79 Å². The Bertz CT molecular complexity index is 576. The van der Waals surface area contributed by atoms with E-state index in [1.54, 1.807) is 32.9 Å². The summed E-state index contributed by atoms with van der Waals surface area (Å²) < 4.78 is 0.837. The number of carboxylic acid groups (broad SMARTS) is 1. The largest absolute Gasteiger partial charge is 0.623 e. The minimum atomic E-state index is -1.14. The van der Waals surface area contributed by atoms with E-state index in [9.17, 15) is 14.8 Å². The van der Waals surface area contributed by atoms with E-state index in [0.29, 0.717) is 11.1 Å². The van der Waals surface area contributed by atoms with Crippen molar-refractivity contribution >= 4 is 30.7 Å². The van der Waals surface area contributed by atoms with Gasteiger partial charge in [-0.1, -0.05) is 0 Å². The van der Waals surface area contributed by atoms with Gasteiger partial charge >= 0.3 is 5.97 Å². The normalized spacial score (nSPS) is 13.5. The molecule has 0 aliphatic carbocycles. The number of hydrogen-bond donors (Lipinski definition) is 3. The molecule has 120 valence electrons. The fraction of sp³-hybridized carbons (Fsp3) is 0.400. The Morgan fingerprint density at radius 3 is 2.32 bits per heavy atom. The van der Waals surface area contributed by atoms with Gasteiger partial charge in [0.05, 0.1) is 0 Å². The van der Waals surface area contributed by atoms with Gasteiger partial charge in [-0.15, -0.1) is 0 Å². The molecule has 1 aromatic rings. The van der Waals surface area contributed by atoms with Crippen LogP contribution in [-0.4, -0.2) is 45.3 Å². The van der Waals surface area contributed by atoms with Gasteiger partial charge in [-0.05, 0) is 24.3 Å². The van der Waals surface area contributed by atoms with Crippen molar-refractivity contribution in [2.24, 2.45) is 0 Å². The Hall–Kier alpha value is -2.02. The van der Waals surface area contributed by atoms with Gasteiger partial charge in [0.1, 0.15) is 6.04 Å². The number of benzene rings is 1. The first-order valence-corrected chi connectivity index (χ1v) is 7.34. The molecule has 0 saturated heterocycles. The quantitative estimate of drug-likeness (QED) is 0.252. The smallest absolute Gasteiger partial charge is 0.327 e. The first-order valence-electron chi connectivity index (χ1n) is 6.71. The molecule has 0 aliphatic rings. The van der Waals surface area contributed by atoms with Crippen molar-refractivity contribution in [3.63, 3.8) is 0 Å². The summed E-state index contributed by atoms with van der Waals surface area (Å²) >= 11 is 3.88. The molecule has 0 radical (unpaired) electrons. The van der Waals surface area contributed by atoms with Crippen LogP contribution < -0.4 is 5.32 Å². The zero-order valence-corrected chi connectivity index (χ0v) is 13.6. The summed E-state index contributed by atoms with van der Waals surface area (Å²) in [5.41, 5.74) is 0.431. The van der Waals surface area contributed by atoms with Crippen LogP contribution in [0.4, 0.5) is 0 Å². The Labute approximate surface area is 134 Å². The predicted molar refractivity (Wildman–Crippen MR) is 87.7 cm³/mol. The van der Waals surface area contributed by atoms with Crippen LogP contribution in [0.5, 0.6) is 0 Å². The topological polar surface area (TPSA) is 92.5 Å². The average Bonchev–Trinajstić information content (AvgIpc) is 2.43. The first-order chi connectivity index (χ1) is 10.1. The lowest BCUT2D eigenvalue weighted by Crippen LogP contribution is -2.42. The molecule has 22 heavy (non-hydrogen) atoms. The number of carboxylic acids is 1. The zero-order chi connectivity index (χ0) is 16.9. The van der Waals surface area contributed by atoms with Crippen molar-refractivity contribution in [1.29, 1.82) is 0 Å². The van der Waals surface area contributed by atoms with Crippen molar-refractivity contribution < 1.29 is 19.4 Å². The maximum Gasteiger partial charge on any atom is 0.327 e. The number of hydrogen-bond acceptors (Lipinski definition) is 4. The molecule has 0 fully saturated rings. The van der Waals surface area contributed by atoms with E-state index in [2.05, 4.69) is 17.9 Å². The summed E-state index contributed by atoms with van der Waals surface area (Å²) in [6.45, 7) is 5.38. The van der Waals surface area contributed by atoms with Gasteiger partial charge in [0.25, 0.3) is 5.91 Å². The SMILES string of the molecule is CC(C)(C)/[N+]([O-])=C/c1ccc(C(=O)NC(CS)C(=O)O)cc1. The van der Waals surface area contributed by atoms with Crippen molar-refractivity contribution in [1.82, 2.24) is 5.32 Å². The van der Waals surface area contributed by atoms with Crippen LogP contribution in [0.15, 0.2) is 24.3 Å². The summed E-state index contributed by atoms with van der Waals surface area (Å²) in [6, 6.07) is 5.29. The highest BCUT2D eigenvalue weighted by Crippen LogP contribution is 2.08. The van der Waals surface area contributed by atoms with Gasteiger partial charge in [-0.25, -0.2) is 9.53 Å². The van der Waals surface area contributed by atoms with Gasteiger partial charge in [0.2, 0.25) is 0 Å².